The number of aliphatic carboxylic acids is 1. The lowest BCUT2D eigenvalue weighted by atomic mass is 9.90. The summed E-state index contributed by atoms with van der Waals surface area (Å²) in [7, 11) is 0. The molecule has 0 radical (unpaired) electrons. The van der Waals surface area contributed by atoms with Crippen LogP contribution >= 0.6 is 0 Å². The number of carboxylic acids is 1. The van der Waals surface area contributed by atoms with Gasteiger partial charge in [0.25, 0.3) is 0 Å². The van der Waals surface area contributed by atoms with Gasteiger partial charge >= 0.3 is 5.97 Å². The van der Waals surface area contributed by atoms with Gasteiger partial charge in [-0.2, -0.15) is 0 Å². The minimum absolute atomic E-state index is 0.0516. The lowest BCUT2D eigenvalue weighted by molar-refractivity contribution is -0.148. The summed E-state index contributed by atoms with van der Waals surface area (Å²) in [4.78, 5) is 33.3. The summed E-state index contributed by atoms with van der Waals surface area (Å²) in [5, 5.41) is 10.2. The molecule has 0 spiro atoms. The fourth-order valence-electron chi connectivity index (χ4n) is 6.98. The molecule has 0 saturated carbocycles. The Hall–Kier alpha value is -3.64. The van der Waals surface area contributed by atoms with Gasteiger partial charge in [0.05, 0.1) is 5.92 Å². The third-order valence-corrected chi connectivity index (χ3v) is 8.77. The predicted octanol–water partition coefficient (Wildman–Crippen LogP) is 4.47. The molecule has 3 aromatic rings. The molecule has 0 unspecified atom stereocenters. The first-order valence-corrected chi connectivity index (χ1v) is 13.8. The van der Waals surface area contributed by atoms with Crippen LogP contribution < -0.4 is 4.90 Å². The number of fused-ring (bicyclic) bond motifs is 1. The highest BCUT2D eigenvalue weighted by Gasteiger charge is 2.48. The van der Waals surface area contributed by atoms with Gasteiger partial charge < -0.3 is 14.9 Å². The van der Waals surface area contributed by atoms with E-state index in [4.69, 9.17) is 0 Å². The monoisotopic (exact) mass is 509 g/mol. The molecule has 6 rings (SSSR count). The van der Waals surface area contributed by atoms with Gasteiger partial charge in [-0.05, 0) is 55.0 Å². The topological polar surface area (TPSA) is 64.1 Å². The highest BCUT2D eigenvalue weighted by atomic mass is 16.4. The number of piperidine rings is 1. The summed E-state index contributed by atoms with van der Waals surface area (Å²) in [5.41, 5.74) is 3.04. The Labute approximate surface area is 224 Å². The number of carbonyl (C=O) groups is 2. The largest absolute Gasteiger partial charge is 0.480 e. The Morgan fingerprint density at radius 2 is 1.39 bits per heavy atom. The summed E-state index contributed by atoms with van der Waals surface area (Å²) in [6, 6.07) is 29.7. The molecule has 6 heteroatoms. The van der Waals surface area contributed by atoms with Crippen LogP contribution in [0.4, 0.5) is 5.69 Å². The minimum atomic E-state index is -0.911. The molecular formula is C32H35N3O3. The Morgan fingerprint density at radius 1 is 0.789 bits per heavy atom. The maximum absolute atomic E-state index is 14.2. The summed E-state index contributed by atoms with van der Waals surface area (Å²) in [6.07, 6.45) is 2.79. The number of likely N-dealkylation sites (tertiary alicyclic amines) is 2. The van der Waals surface area contributed by atoms with Crippen molar-refractivity contribution in [1.29, 1.82) is 0 Å². The van der Waals surface area contributed by atoms with Crippen LogP contribution in [0.5, 0.6) is 0 Å². The van der Waals surface area contributed by atoms with Gasteiger partial charge in [-0.1, -0.05) is 78.9 Å². The summed E-state index contributed by atoms with van der Waals surface area (Å²) in [6.45, 7) is 3.41. The van der Waals surface area contributed by atoms with Gasteiger partial charge in [-0.3, -0.25) is 9.69 Å². The first kappa shape index (κ1) is 24.7. The second-order valence-electron chi connectivity index (χ2n) is 10.9. The van der Waals surface area contributed by atoms with Crippen molar-refractivity contribution in [2.24, 2.45) is 5.92 Å². The van der Waals surface area contributed by atoms with Gasteiger partial charge in [0.2, 0.25) is 5.91 Å². The second kappa shape index (κ2) is 10.6. The quantitative estimate of drug-likeness (QED) is 0.531. The van der Waals surface area contributed by atoms with Crippen molar-refractivity contribution in [2.75, 3.05) is 31.1 Å². The molecule has 3 aromatic carbocycles. The SMILES string of the molecule is O=C(O)[C@@H]1C[C@H](N2CCC[C@@H]3CN(c4ccccc4)C[C@@H]32)CN1C(=O)C(c1ccccc1)c1ccccc1. The summed E-state index contributed by atoms with van der Waals surface area (Å²) >= 11 is 0. The fraction of sp³-hybridized carbons (Fsp3) is 0.375. The number of anilines is 1. The smallest absolute Gasteiger partial charge is 0.326 e. The molecule has 3 heterocycles. The average Bonchev–Trinajstić information content (AvgIpc) is 3.60. The molecule has 6 nitrogen and oxygen atoms in total. The predicted molar refractivity (Wildman–Crippen MR) is 148 cm³/mol. The molecule has 1 amide bonds. The Kier molecular flexibility index (Phi) is 6.90. The summed E-state index contributed by atoms with van der Waals surface area (Å²) < 4.78 is 0. The molecule has 196 valence electrons. The van der Waals surface area contributed by atoms with Crippen molar-refractivity contribution in [3.63, 3.8) is 0 Å². The van der Waals surface area contributed by atoms with E-state index in [1.54, 1.807) is 4.90 Å². The van der Waals surface area contributed by atoms with Crippen LogP contribution in [-0.4, -0.2) is 71.1 Å². The number of nitrogens with zero attached hydrogens (tertiary/aromatic N) is 3. The number of hydrogen-bond acceptors (Lipinski definition) is 4. The van der Waals surface area contributed by atoms with E-state index in [9.17, 15) is 14.7 Å². The first-order valence-electron chi connectivity index (χ1n) is 13.8. The lowest BCUT2D eigenvalue weighted by Gasteiger charge is -2.40. The van der Waals surface area contributed by atoms with Gasteiger partial charge in [-0.15, -0.1) is 0 Å². The van der Waals surface area contributed by atoms with E-state index in [0.29, 0.717) is 24.9 Å². The number of rotatable bonds is 6. The number of carboxylic acid groups (broad SMARTS) is 1. The van der Waals surface area contributed by atoms with Crippen LogP contribution in [0.1, 0.15) is 36.3 Å². The van der Waals surface area contributed by atoms with E-state index < -0.39 is 17.9 Å². The van der Waals surface area contributed by atoms with Gasteiger partial charge in [0.1, 0.15) is 6.04 Å². The maximum atomic E-state index is 14.2. The fourth-order valence-corrected chi connectivity index (χ4v) is 6.98. The zero-order valence-electron chi connectivity index (χ0n) is 21.6. The van der Waals surface area contributed by atoms with Crippen molar-refractivity contribution < 1.29 is 14.7 Å². The number of carbonyl (C=O) groups excluding carboxylic acids is 1. The van der Waals surface area contributed by atoms with Gasteiger partial charge in [0, 0.05) is 37.4 Å². The molecule has 3 aliphatic rings. The number of para-hydroxylation sites is 1. The first-order chi connectivity index (χ1) is 18.6. The normalized spacial score (nSPS) is 25.5. The molecule has 1 N–H and O–H groups in total. The van der Waals surface area contributed by atoms with Crippen molar-refractivity contribution in [3.05, 3.63) is 102 Å². The third-order valence-electron chi connectivity index (χ3n) is 8.77. The van der Waals surface area contributed by atoms with E-state index in [1.165, 1.54) is 12.1 Å². The average molecular weight is 510 g/mol. The summed E-state index contributed by atoms with van der Waals surface area (Å²) in [5.74, 6) is -0.986. The van der Waals surface area contributed by atoms with Crippen LogP contribution in [0.2, 0.25) is 0 Å². The van der Waals surface area contributed by atoms with Crippen molar-refractivity contribution in [3.8, 4) is 0 Å². The molecule has 0 bridgehead atoms. The number of amides is 1. The molecule has 3 saturated heterocycles. The van der Waals surface area contributed by atoms with E-state index in [-0.39, 0.29) is 11.9 Å². The van der Waals surface area contributed by atoms with Crippen LogP contribution in [0, 0.1) is 5.92 Å². The molecule has 38 heavy (non-hydrogen) atoms. The molecule has 4 atom stereocenters. The molecule has 3 aliphatic heterocycles. The van der Waals surface area contributed by atoms with Crippen LogP contribution in [-0.2, 0) is 9.59 Å². The van der Waals surface area contributed by atoms with Crippen molar-refractivity contribution in [2.45, 2.75) is 43.3 Å². The van der Waals surface area contributed by atoms with E-state index in [2.05, 4.69) is 34.1 Å². The Balaban J connectivity index is 1.26. The second-order valence-corrected chi connectivity index (χ2v) is 10.9. The standard InChI is InChI=1S/C32H35N3O3/c36-31(30(23-11-4-1-5-12-23)24-13-6-2-7-14-24)35-21-27(19-28(35)32(37)38)34-18-10-15-25-20-33(22-29(25)34)26-16-8-3-9-17-26/h1-9,11-14,16-17,25,27-30H,10,15,18-22H2,(H,37,38)/t25-,27+,28+,29+/m1/s1. The van der Waals surface area contributed by atoms with Crippen LogP contribution in [0.25, 0.3) is 0 Å². The maximum Gasteiger partial charge on any atom is 0.326 e. The minimum Gasteiger partial charge on any atom is -0.480 e. The Bertz CT molecular complexity index is 1210. The van der Waals surface area contributed by atoms with E-state index in [0.717, 1.165) is 37.2 Å². The molecule has 0 aliphatic carbocycles. The number of benzene rings is 3. The third kappa shape index (κ3) is 4.69. The van der Waals surface area contributed by atoms with Gasteiger partial charge in [-0.25, -0.2) is 4.79 Å². The van der Waals surface area contributed by atoms with Crippen molar-refractivity contribution in [1.82, 2.24) is 9.80 Å². The molecule has 0 aromatic heterocycles. The zero-order valence-corrected chi connectivity index (χ0v) is 21.6. The lowest BCUT2D eigenvalue weighted by Crippen LogP contribution is -2.51. The Morgan fingerprint density at radius 3 is 2.00 bits per heavy atom. The van der Waals surface area contributed by atoms with Crippen LogP contribution in [0.15, 0.2) is 91.0 Å². The molecular weight excluding hydrogens is 474 g/mol. The highest BCUT2D eigenvalue weighted by Crippen LogP contribution is 2.38. The van der Waals surface area contributed by atoms with E-state index in [1.807, 2.05) is 66.7 Å². The number of hydrogen-bond donors (Lipinski definition) is 1. The zero-order chi connectivity index (χ0) is 26.1. The van der Waals surface area contributed by atoms with Crippen molar-refractivity contribution >= 4 is 17.6 Å². The highest BCUT2D eigenvalue weighted by molar-refractivity contribution is 5.91. The molecule has 3 fully saturated rings. The van der Waals surface area contributed by atoms with E-state index >= 15 is 0 Å². The van der Waals surface area contributed by atoms with Gasteiger partial charge in [0.15, 0.2) is 0 Å². The van der Waals surface area contributed by atoms with Crippen LogP contribution in [0.3, 0.4) is 0 Å².